The normalized spacial score (nSPS) is 34.1. The molecule has 0 spiro atoms. The average molecular weight is 768 g/mol. The number of allylic oxidation sites excluding steroid dienone is 3. The van der Waals surface area contributed by atoms with E-state index < -0.39 is 65.7 Å². The Morgan fingerprint density at radius 3 is 2.67 bits per heavy atom. The second-order valence-electron chi connectivity index (χ2n) is 13.5. The third kappa shape index (κ3) is 8.33. The lowest BCUT2D eigenvalue weighted by molar-refractivity contribution is -0.163. The molecular weight excluding hydrogens is 722 g/mol. The van der Waals surface area contributed by atoms with Crippen LogP contribution in [-0.2, 0) is 39.8 Å². The molecule has 51 heavy (non-hydrogen) atoms. The number of hydrogen-bond acceptors (Lipinski definition) is 12. The van der Waals surface area contributed by atoms with Crippen molar-refractivity contribution in [3.8, 4) is 5.75 Å². The minimum atomic E-state index is -1.81. The van der Waals surface area contributed by atoms with Crippen LogP contribution in [-0.4, -0.2) is 115 Å². The lowest BCUT2D eigenvalue weighted by Gasteiger charge is -2.42. The van der Waals surface area contributed by atoms with Gasteiger partial charge in [-0.25, -0.2) is 9.59 Å². The Hall–Kier alpha value is -2.95. The summed E-state index contributed by atoms with van der Waals surface area (Å²) in [5.74, 6) is -1.02. The Balaban J connectivity index is 1.62. The number of amides is 3. The quantitative estimate of drug-likeness (QED) is 0.176. The van der Waals surface area contributed by atoms with Crippen LogP contribution in [0, 0.1) is 5.92 Å². The number of ether oxygens (including phenoxy) is 5. The van der Waals surface area contributed by atoms with E-state index in [0.717, 1.165) is 11.1 Å². The van der Waals surface area contributed by atoms with E-state index in [4.69, 9.17) is 35.3 Å². The molecule has 5 rings (SSSR count). The molecule has 0 saturated carbocycles. The molecule has 1 aromatic rings. The van der Waals surface area contributed by atoms with Crippen molar-refractivity contribution in [1.29, 1.82) is 0 Å². The van der Waals surface area contributed by atoms with Gasteiger partial charge in [0.25, 0.3) is 0 Å². The number of rotatable bonds is 7. The van der Waals surface area contributed by atoms with Crippen molar-refractivity contribution in [2.45, 2.75) is 88.2 Å². The molecule has 4 heterocycles. The van der Waals surface area contributed by atoms with Crippen molar-refractivity contribution in [2.24, 2.45) is 5.92 Å². The van der Waals surface area contributed by atoms with Crippen LogP contribution >= 0.6 is 33.2 Å². The number of nitrogens with one attached hydrogen (secondary N) is 1. The number of hydrogen-bond donors (Lipinski definition) is 2. The first-order valence-electron chi connectivity index (χ1n) is 16.7. The summed E-state index contributed by atoms with van der Waals surface area (Å²) in [7, 11) is 7.51. The highest BCUT2D eigenvalue weighted by Crippen LogP contribution is 2.49. The maximum atomic E-state index is 14.4. The molecule has 3 saturated heterocycles. The molecule has 4 aliphatic heterocycles. The number of anilines is 1. The maximum absolute atomic E-state index is 14.4. The Morgan fingerprint density at radius 2 is 1.98 bits per heavy atom. The second kappa shape index (κ2) is 16.0. The van der Waals surface area contributed by atoms with E-state index in [2.05, 4.69) is 5.32 Å². The van der Waals surface area contributed by atoms with Gasteiger partial charge in [0.1, 0.15) is 40.7 Å². The molecular formula is C35H46ClN3O10S2. The van der Waals surface area contributed by atoms with Gasteiger partial charge in [-0.05, 0) is 44.2 Å². The molecule has 2 unspecified atom stereocenters. The molecule has 3 amide bonds. The van der Waals surface area contributed by atoms with Crippen LogP contribution in [0.4, 0.5) is 10.5 Å². The number of nitrogens with zero attached hydrogens (tertiary/aromatic N) is 2. The zero-order valence-electron chi connectivity index (χ0n) is 29.8. The second-order valence-corrected chi connectivity index (χ2v) is 16.6. The van der Waals surface area contributed by atoms with Crippen LogP contribution in [0.15, 0.2) is 35.9 Å². The summed E-state index contributed by atoms with van der Waals surface area (Å²) in [6.07, 6.45) is 3.21. The molecule has 2 N–H and O–H groups in total. The number of fused-ring (bicyclic) bond motifs is 10. The topological polar surface area (TPSA) is 156 Å². The van der Waals surface area contributed by atoms with E-state index in [1.807, 2.05) is 26.2 Å². The summed E-state index contributed by atoms with van der Waals surface area (Å²) >= 11 is 6.90. The zero-order valence-corrected chi connectivity index (χ0v) is 32.2. The number of aliphatic hydroxyl groups is 1. The van der Waals surface area contributed by atoms with E-state index >= 15 is 0 Å². The first kappa shape index (κ1) is 39.3. The number of alkyl carbamates (subject to hydrolysis) is 1. The highest BCUT2D eigenvalue weighted by Gasteiger charge is 2.65. The van der Waals surface area contributed by atoms with Gasteiger partial charge in [-0.2, -0.15) is 0 Å². The predicted molar refractivity (Wildman–Crippen MR) is 195 cm³/mol. The molecule has 1 aromatic carbocycles. The molecule has 4 aliphatic rings. The Morgan fingerprint density at radius 1 is 1.24 bits per heavy atom. The SMILES string of the molecule is COc1cc2cc(c1Cl)N1CC(N(C)C(=O)CCSSC)C(=O)O[C@@H](CC1=O)[C@]1(C)OC1[C@H](C)[C@@H]1C[C@@](O)(NC(=O)O1)[C@H](OC)/C=C/C=C(\C)C2. The van der Waals surface area contributed by atoms with Crippen LogP contribution in [0.5, 0.6) is 5.75 Å². The lowest BCUT2D eigenvalue weighted by Crippen LogP contribution is -2.63. The first-order chi connectivity index (χ1) is 24.1. The largest absolute Gasteiger partial charge is 0.495 e. The summed E-state index contributed by atoms with van der Waals surface area (Å²) in [6, 6.07) is 2.39. The molecule has 0 radical (unpaired) electrons. The van der Waals surface area contributed by atoms with Gasteiger partial charge in [-0.1, -0.05) is 63.9 Å². The molecule has 13 nitrogen and oxygen atoms in total. The van der Waals surface area contributed by atoms with Gasteiger partial charge in [-0.3, -0.25) is 14.9 Å². The fourth-order valence-corrected chi connectivity index (χ4v) is 8.50. The van der Waals surface area contributed by atoms with Gasteiger partial charge >= 0.3 is 12.1 Å². The van der Waals surface area contributed by atoms with Crippen molar-refractivity contribution >= 4 is 62.8 Å². The smallest absolute Gasteiger partial charge is 0.409 e. The summed E-state index contributed by atoms with van der Waals surface area (Å²) in [5, 5.41) is 14.4. The number of methoxy groups -OCH3 is 2. The molecule has 0 aromatic heterocycles. The van der Waals surface area contributed by atoms with Gasteiger partial charge in [-0.15, -0.1) is 0 Å². The van der Waals surface area contributed by atoms with Crippen molar-refractivity contribution in [2.75, 3.05) is 44.7 Å². The van der Waals surface area contributed by atoms with Crippen LogP contribution in [0.2, 0.25) is 5.02 Å². The van der Waals surface area contributed by atoms with Crippen LogP contribution in [0.25, 0.3) is 0 Å². The minimum absolute atomic E-state index is 0.0352. The number of carbonyl (C=O) groups excluding carboxylic acids is 4. The van der Waals surface area contributed by atoms with Crippen LogP contribution < -0.4 is 15.0 Å². The first-order valence-corrected chi connectivity index (χ1v) is 19.8. The van der Waals surface area contributed by atoms with Gasteiger partial charge in [0.15, 0.2) is 5.72 Å². The monoisotopic (exact) mass is 767 g/mol. The highest BCUT2D eigenvalue weighted by molar-refractivity contribution is 8.76. The van der Waals surface area contributed by atoms with Crippen molar-refractivity contribution in [1.82, 2.24) is 10.2 Å². The summed E-state index contributed by atoms with van der Waals surface area (Å²) in [4.78, 5) is 57.4. The van der Waals surface area contributed by atoms with Crippen molar-refractivity contribution in [3.63, 3.8) is 0 Å². The van der Waals surface area contributed by atoms with E-state index in [1.54, 1.807) is 31.2 Å². The third-order valence-electron chi connectivity index (χ3n) is 10.1. The Bertz CT molecular complexity index is 1590. The predicted octanol–water partition coefficient (Wildman–Crippen LogP) is 4.28. The Labute approximate surface area is 311 Å². The van der Waals surface area contributed by atoms with Crippen molar-refractivity contribution in [3.05, 3.63) is 46.5 Å². The number of carbonyl (C=O) groups is 4. The van der Waals surface area contributed by atoms with Gasteiger partial charge < -0.3 is 38.6 Å². The standard InChI is InChI=1S/C35H46ClN3O10S2/c1-19-9-8-10-26(46-6)35(44)17-25(47-33(43)37-35)20(2)31-34(3,49-31)27-16-29(41)39(22-14-21(13-19)15-24(45-5)30(22)36)18-23(32(42)48-27)38(4)28(40)11-12-51-50-7/h8-10,14-15,20,23,25-27,31,44H,11-13,16-18H2,1-7H3,(H,37,43)/b10-8+,19-9+/t20-,23?,25+,26-,27+,31?,34+,35+/m1/s1. The fourth-order valence-electron chi connectivity index (χ4n) is 7.04. The van der Waals surface area contributed by atoms with E-state index in [0.29, 0.717) is 23.6 Å². The van der Waals surface area contributed by atoms with E-state index in [9.17, 15) is 24.3 Å². The van der Waals surface area contributed by atoms with E-state index in [1.165, 1.54) is 52.7 Å². The van der Waals surface area contributed by atoms with Crippen LogP contribution in [0.1, 0.15) is 45.6 Å². The highest BCUT2D eigenvalue weighted by atomic mass is 35.5. The summed E-state index contributed by atoms with van der Waals surface area (Å²) < 4.78 is 29.2. The molecule has 6 bridgehead atoms. The molecule has 0 aliphatic carbocycles. The summed E-state index contributed by atoms with van der Waals surface area (Å²) in [6.45, 7) is 5.26. The minimum Gasteiger partial charge on any atom is -0.495 e. The van der Waals surface area contributed by atoms with E-state index in [-0.39, 0.29) is 36.7 Å². The van der Waals surface area contributed by atoms with Gasteiger partial charge in [0.2, 0.25) is 11.8 Å². The molecule has 280 valence electrons. The Kier molecular flexibility index (Phi) is 12.3. The molecule has 3 fully saturated rings. The van der Waals surface area contributed by atoms with Crippen molar-refractivity contribution < 1.29 is 48.0 Å². The number of likely N-dealkylation sites (N-methyl/N-ethyl adjacent to an activating group) is 1. The summed E-state index contributed by atoms with van der Waals surface area (Å²) in [5.41, 5.74) is -0.976. The third-order valence-corrected chi connectivity index (χ3v) is 12.3. The van der Waals surface area contributed by atoms with Crippen LogP contribution in [0.3, 0.4) is 0 Å². The number of epoxide rings is 1. The zero-order chi connectivity index (χ0) is 37.2. The molecule has 16 heteroatoms. The lowest BCUT2D eigenvalue weighted by atomic mass is 9.83. The van der Waals surface area contributed by atoms with Gasteiger partial charge in [0, 0.05) is 38.7 Å². The molecule has 8 atom stereocenters. The number of benzene rings is 1. The van der Waals surface area contributed by atoms with Gasteiger partial charge in [0.05, 0.1) is 31.9 Å². The fraction of sp³-hybridized carbons (Fsp3) is 0.600. The average Bonchev–Trinajstić information content (AvgIpc) is 3.77. The maximum Gasteiger partial charge on any atom is 0.409 e. The number of esters is 1. The number of halogens is 1.